The third kappa shape index (κ3) is 2.58. The molecule has 0 aromatic rings. The van der Waals surface area contributed by atoms with E-state index < -0.39 is 0 Å². The average molecular weight is 226 g/mol. The highest BCUT2D eigenvalue weighted by Gasteiger charge is 2.36. The predicted molar refractivity (Wildman–Crippen MR) is 66.7 cm³/mol. The highest BCUT2D eigenvalue weighted by Crippen LogP contribution is 2.24. The molecule has 2 fully saturated rings. The fraction of sp³-hybridized carbons (Fsp3) is 1.00. The van der Waals surface area contributed by atoms with Gasteiger partial charge in [-0.1, -0.05) is 6.92 Å². The zero-order chi connectivity index (χ0) is 11.6. The zero-order valence-corrected chi connectivity index (χ0v) is 11.0. The van der Waals surface area contributed by atoms with Crippen LogP contribution in [0.15, 0.2) is 0 Å². The van der Waals surface area contributed by atoms with Crippen molar-refractivity contribution in [3.8, 4) is 0 Å². The Bertz CT molecular complexity index is 228. The van der Waals surface area contributed by atoms with Crippen molar-refractivity contribution in [1.82, 2.24) is 10.2 Å². The van der Waals surface area contributed by atoms with E-state index in [0.717, 1.165) is 19.8 Å². The Balaban J connectivity index is 2.00. The molecule has 0 aromatic carbocycles. The molecule has 3 nitrogen and oxygen atoms in total. The van der Waals surface area contributed by atoms with Gasteiger partial charge in [0, 0.05) is 37.3 Å². The monoisotopic (exact) mass is 226 g/mol. The first-order valence-electron chi connectivity index (χ1n) is 6.73. The van der Waals surface area contributed by atoms with Crippen molar-refractivity contribution in [2.75, 3.05) is 26.3 Å². The summed E-state index contributed by atoms with van der Waals surface area (Å²) in [5.41, 5.74) is 0.296. The van der Waals surface area contributed by atoms with Gasteiger partial charge in [-0.05, 0) is 33.1 Å². The molecular formula is C13H26N2O. The fourth-order valence-electron chi connectivity index (χ4n) is 2.84. The van der Waals surface area contributed by atoms with Crippen molar-refractivity contribution in [3.05, 3.63) is 0 Å². The van der Waals surface area contributed by atoms with E-state index in [-0.39, 0.29) is 0 Å². The molecule has 2 saturated heterocycles. The van der Waals surface area contributed by atoms with Crippen LogP contribution < -0.4 is 5.32 Å². The van der Waals surface area contributed by atoms with Gasteiger partial charge >= 0.3 is 0 Å². The number of piperazine rings is 1. The van der Waals surface area contributed by atoms with E-state index in [1.54, 1.807) is 0 Å². The third-order valence-corrected chi connectivity index (χ3v) is 4.31. The van der Waals surface area contributed by atoms with Crippen molar-refractivity contribution in [1.29, 1.82) is 0 Å². The van der Waals surface area contributed by atoms with Crippen molar-refractivity contribution < 1.29 is 4.74 Å². The van der Waals surface area contributed by atoms with Crippen LogP contribution in [-0.4, -0.2) is 48.8 Å². The smallest absolute Gasteiger partial charge is 0.0621 e. The molecule has 0 radical (unpaired) electrons. The van der Waals surface area contributed by atoms with E-state index >= 15 is 0 Å². The maximum absolute atomic E-state index is 5.62. The second-order valence-corrected chi connectivity index (χ2v) is 5.69. The summed E-state index contributed by atoms with van der Waals surface area (Å²) in [6, 6.07) is 1.29. The lowest BCUT2D eigenvalue weighted by Crippen LogP contribution is -2.65. The van der Waals surface area contributed by atoms with Crippen molar-refractivity contribution in [2.24, 2.45) is 0 Å². The number of hydrogen-bond acceptors (Lipinski definition) is 3. The first-order valence-corrected chi connectivity index (χ1v) is 6.73. The van der Waals surface area contributed by atoms with Crippen LogP contribution >= 0.6 is 0 Å². The van der Waals surface area contributed by atoms with Gasteiger partial charge < -0.3 is 10.1 Å². The molecule has 16 heavy (non-hydrogen) atoms. The van der Waals surface area contributed by atoms with Crippen LogP contribution in [0, 0.1) is 0 Å². The van der Waals surface area contributed by atoms with Gasteiger partial charge in [0.15, 0.2) is 0 Å². The van der Waals surface area contributed by atoms with Crippen LogP contribution in [0.2, 0.25) is 0 Å². The molecular weight excluding hydrogens is 200 g/mol. The summed E-state index contributed by atoms with van der Waals surface area (Å²) in [4.78, 5) is 2.67. The normalized spacial score (nSPS) is 42.2. The molecule has 0 spiro atoms. The van der Waals surface area contributed by atoms with Crippen LogP contribution in [0.1, 0.15) is 40.0 Å². The summed E-state index contributed by atoms with van der Waals surface area (Å²) in [5, 5.41) is 3.68. The molecule has 2 rings (SSSR count). The Kier molecular flexibility index (Phi) is 3.88. The second kappa shape index (κ2) is 5.03. The average Bonchev–Trinajstić information content (AvgIpc) is 2.34. The lowest BCUT2D eigenvalue weighted by atomic mass is 9.91. The number of ether oxygens (including phenoxy) is 1. The first kappa shape index (κ1) is 12.3. The molecule has 3 atom stereocenters. The van der Waals surface area contributed by atoms with Crippen LogP contribution in [-0.2, 0) is 4.74 Å². The van der Waals surface area contributed by atoms with E-state index in [1.165, 1.54) is 25.8 Å². The Hall–Kier alpha value is -0.120. The van der Waals surface area contributed by atoms with E-state index in [9.17, 15) is 0 Å². The maximum Gasteiger partial charge on any atom is 0.0621 e. The molecule has 0 bridgehead atoms. The molecule has 2 heterocycles. The van der Waals surface area contributed by atoms with Gasteiger partial charge in [-0.3, -0.25) is 4.90 Å². The van der Waals surface area contributed by atoms with Gasteiger partial charge in [0.05, 0.1) is 6.61 Å². The standard InChI is InChI=1S/C13H26N2O/c1-4-13(3)10-15(11(2)8-14-13)12-6-5-7-16-9-12/h11-12,14H,4-10H2,1-3H3. The summed E-state index contributed by atoms with van der Waals surface area (Å²) in [5.74, 6) is 0. The molecule has 2 aliphatic heterocycles. The van der Waals surface area contributed by atoms with Crippen LogP contribution in [0.4, 0.5) is 0 Å². The summed E-state index contributed by atoms with van der Waals surface area (Å²) in [6.07, 6.45) is 3.73. The predicted octanol–water partition coefficient (Wildman–Crippen LogP) is 1.63. The number of hydrogen-bond donors (Lipinski definition) is 1. The lowest BCUT2D eigenvalue weighted by Gasteiger charge is -2.49. The Labute approximate surface area is 99.5 Å². The Morgan fingerprint density at radius 1 is 1.50 bits per heavy atom. The van der Waals surface area contributed by atoms with Crippen molar-refractivity contribution in [3.63, 3.8) is 0 Å². The summed E-state index contributed by atoms with van der Waals surface area (Å²) in [7, 11) is 0. The quantitative estimate of drug-likeness (QED) is 0.774. The molecule has 0 aliphatic carbocycles. The fourth-order valence-corrected chi connectivity index (χ4v) is 2.84. The van der Waals surface area contributed by atoms with Gasteiger partial charge in [-0.25, -0.2) is 0 Å². The third-order valence-electron chi connectivity index (χ3n) is 4.31. The van der Waals surface area contributed by atoms with Crippen LogP contribution in [0.5, 0.6) is 0 Å². The lowest BCUT2D eigenvalue weighted by molar-refractivity contribution is -0.0244. The summed E-state index contributed by atoms with van der Waals surface area (Å²) in [6.45, 7) is 11.1. The Morgan fingerprint density at radius 2 is 2.31 bits per heavy atom. The van der Waals surface area contributed by atoms with Crippen molar-refractivity contribution >= 4 is 0 Å². The minimum absolute atomic E-state index is 0.296. The number of nitrogens with zero attached hydrogens (tertiary/aromatic N) is 1. The molecule has 0 aromatic heterocycles. The molecule has 3 heteroatoms. The molecule has 3 unspecified atom stereocenters. The summed E-state index contributed by atoms with van der Waals surface area (Å²) >= 11 is 0. The number of nitrogens with one attached hydrogen (secondary N) is 1. The highest BCUT2D eigenvalue weighted by molar-refractivity contribution is 4.95. The second-order valence-electron chi connectivity index (χ2n) is 5.69. The minimum atomic E-state index is 0.296. The zero-order valence-electron chi connectivity index (χ0n) is 11.0. The first-order chi connectivity index (χ1) is 7.64. The number of rotatable bonds is 2. The highest BCUT2D eigenvalue weighted by atomic mass is 16.5. The molecule has 1 N–H and O–H groups in total. The van der Waals surface area contributed by atoms with E-state index in [4.69, 9.17) is 4.74 Å². The van der Waals surface area contributed by atoms with Gasteiger partial charge in [0.25, 0.3) is 0 Å². The van der Waals surface area contributed by atoms with E-state index in [1.807, 2.05) is 0 Å². The Morgan fingerprint density at radius 3 is 2.94 bits per heavy atom. The van der Waals surface area contributed by atoms with Gasteiger partial charge in [0.2, 0.25) is 0 Å². The SMILES string of the molecule is CCC1(C)CN(C2CCCOC2)C(C)CN1. The van der Waals surface area contributed by atoms with Crippen LogP contribution in [0.25, 0.3) is 0 Å². The van der Waals surface area contributed by atoms with Crippen LogP contribution in [0.3, 0.4) is 0 Å². The molecule has 0 amide bonds. The van der Waals surface area contributed by atoms with Gasteiger partial charge in [-0.15, -0.1) is 0 Å². The van der Waals surface area contributed by atoms with Gasteiger partial charge in [0.1, 0.15) is 0 Å². The van der Waals surface area contributed by atoms with Gasteiger partial charge in [-0.2, -0.15) is 0 Å². The van der Waals surface area contributed by atoms with E-state index in [2.05, 4.69) is 31.0 Å². The molecule has 0 saturated carbocycles. The largest absolute Gasteiger partial charge is 0.380 e. The minimum Gasteiger partial charge on any atom is -0.380 e. The molecule has 2 aliphatic rings. The molecule has 94 valence electrons. The maximum atomic E-state index is 5.62. The summed E-state index contributed by atoms with van der Waals surface area (Å²) < 4.78 is 5.62. The topological polar surface area (TPSA) is 24.5 Å². The van der Waals surface area contributed by atoms with E-state index in [0.29, 0.717) is 17.6 Å². The van der Waals surface area contributed by atoms with Crippen molar-refractivity contribution in [2.45, 2.75) is 57.7 Å².